The number of benzene rings is 1. The average molecular weight is 397 g/mol. The molecule has 2 fully saturated rings. The monoisotopic (exact) mass is 395 g/mol. The smallest absolute Gasteiger partial charge is 0.225 e. The van der Waals surface area contributed by atoms with Crippen molar-refractivity contribution in [2.45, 2.75) is 24.9 Å². The normalized spacial score (nSPS) is 23.3. The Balaban J connectivity index is 1.92. The molecule has 0 radical (unpaired) electrons. The van der Waals surface area contributed by atoms with E-state index in [2.05, 4.69) is 36.1 Å². The summed E-state index contributed by atoms with van der Waals surface area (Å²) in [5.74, 6) is 0.0176. The molecule has 2 aliphatic heterocycles. The standard InChI is InChI=1S/C15H12BrClFN5/c16-11-7(4-19)3-10-13(12(11)18)21-15(17)22-14(10)23-5-8-1-2-9(6-23)20-8/h3,8-9,20H,1-2,5-6H2. The number of piperazine rings is 1. The first kappa shape index (κ1) is 15.1. The van der Waals surface area contributed by atoms with Crippen LogP contribution in [-0.4, -0.2) is 35.1 Å². The van der Waals surface area contributed by atoms with E-state index in [0.717, 1.165) is 25.9 Å². The second-order valence-corrected chi connectivity index (χ2v) is 7.05. The minimum absolute atomic E-state index is 0.00823. The Bertz CT molecular complexity index is 840. The van der Waals surface area contributed by atoms with Gasteiger partial charge in [0.15, 0.2) is 5.82 Å². The van der Waals surface area contributed by atoms with Gasteiger partial charge in [0, 0.05) is 30.6 Å². The fraction of sp³-hybridized carbons (Fsp3) is 0.400. The number of rotatable bonds is 1. The summed E-state index contributed by atoms with van der Waals surface area (Å²) in [6, 6.07) is 4.44. The van der Waals surface area contributed by atoms with Crippen LogP contribution in [0.15, 0.2) is 10.5 Å². The molecule has 2 aromatic rings. The number of anilines is 1. The van der Waals surface area contributed by atoms with E-state index >= 15 is 0 Å². The zero-order chi connectivity index (χ0) is 16.1. The number of nitrogens with zero attached hydrogens (tertiary/aromatic N) is 4. The van der Waals surface area contributed by atoms with Gasteiger partial charge in [-0.1, -0.05) is 0 Å². The lowest BCUT2D eigenvalue weighted by molar-refractivity contribution is 0.464. The molecular weight excluding hydrogens is 385 g/mol. The molecule has 1 aromatic carbocycles. The second kappa shape index (κ2) is 5.55. The Morgan fingerprint density at radius 3 is 2.70 bits per heavy atom. The van der Waals surface area contributed by atoms with Crippen LogP contribution in [0, 0.1) is 17.1 Å². The van der Waals surface area contributed by atoms with Crippen molar-refractivity contribution in [1.29, 1.82) is 5.26 Å². The molecule has 2 saturated heterocycles. The van der Waals surface area contributed by atoms with Crippen molar-refractivity contribution in [1.82, 2.24) is 15.3 Å². The van der Waals surface area contributed by atoms with Crippen molar-refractivity contribution in [3.8, 4) is 6.07 Å². The average Bonchev–Trinajstić information content (AvgIpc) is 2.88. The van der Waals surface area contributed by atoms with Crippen LogP contribution in [0.3, 0.4) is 0 Å². The van der Waals surface area contributed by atoms with Crippen molar-refractivity contribution in [2.75, 3.05) is 18.0 Å². The number of halogens is 3. The lowest BCUT2D eigenvalue weighted by Gasteiger charge is -2.34. The van der Waals surface area contributed by atoms with E-state index in [4.69, 9.17) is 11.6 Å². The van der Waals surface area contributed by atoms with Crippen LogP contribution in [0.25, 0.3) is 10.9 Å². The molecule has 1 aromatic heterocycles. The quantitative estimate of drug-likeness (QED) is 0.751. The fourth-order valence-corrected chi connectivity index (χ4v) is 4.01. The predicted octanol–water partition coefficient (Wildman–Crippen LogP) is 3.00. The molecule has 3 heterocycles. The van der Waals surface area contributed by atoms with Gasteiger partial charge in [-0.15, -0.1) is 0 Å². The molecular formula is C15H12BrClFN5. The van der Waals surface area contributed by atoms with Crippen LogP contribution in [0.5, 0.6) is 0 Å². The van der Waals surface area contributed by atoms with Crippen molar-refractivity contribution in [3.63, 3.8) is 0 Å². The topological polar surface area (TPSA) is 64.8 Å². The molecule has 1 N–H and O–H groups in total. The number of nitriles is 1. The van der Waals surface area contributed by atoms with E-state index in [9.17, 15) is 9.65 Å². The molecule has 2 aliphatic rings. The summed E-state index contributed by atoms with van der Waals surface area (Å²) in [5.41, 5.74) is 0.358. The maximum Gasteiger partial charge on any atom is 0.225 e. The third-order valence-electron chi connectivity index (χ3n) is 4.46. The highest BCUT2D eigenvalue weighted by molar-refractivity contribution is 9.10. The third kappa shape index (κ3) is 2.45. The maximum absolute atomic E-state index is 14.6. The van der Waals surface area contributed by atoms with E-state index in [-0.39, 0.29) is 20.8 Å². The lowest BCUT2D eigenvalue weighted by atomic mass is 10.1. The van der Waals surface area contributed by atoms with Gasteiger partial charge >= 0.3 is 0 Å². The summed E-state index contributed by atoms with van der Waals surface area (Å²) in [4.78, 5) is 10.5. The van der Waals surface area contributed by atoms with Crippen LogP contribution in [0.4, 0.5) is 10.2 Å². The molecule has 0 aliphatic carbocycles. The Morgan fingerprint density at radius 2 is 2.04 bits per heavy atom. The third-order valence-corrected chi connectivity index (χ3v) is 5.40. The molecule has 4 rings (SSSR count). The number of nitrogens with one attached hydrogen (secondary N) is 1. The van der Waals surface area contributed by atoms with Gasteiger partial charge in [-0.25, -0.2) is 9.37 Å². The van der Waals surface area contributed by atoms with Crippen LogP contribution < -0.4 is 10.2 Å². The highest BCUT2D eigenvalue weighted by atomic mass is 79.9. The Morgan fingerprint density at radius 1 is 1.35 bits per heavy atom. The first-order valence-corrected chi connectivity index (χ1v) is 8.50. The largest absolute Gasteiger partial charge is 0.353 e. The maximum atomic E-state index is 14.6. The minimum atomic E-state index is -0.581. The van der Waals surface area contributed by atoms with E-state index in [1.54, 1.807) is 6.07 Å². The molecule has 2 unspecified atom stereocenters. The van der Waals surface area contributed by atoms with E-state index < -0.39 is 5.82 Å². The fourth-order valence-electron chi connectivity index (χ4n) is 3.45. The van der Waals surface area contributed by atoms with E-state index in [0.29, 0.717) is 23.3 Å². The Kier molecular flexibility index (Phi) is 3.63. The molecule has 118 valence electrons. The molecule has 0 spiro atoms. The number of aromatic nitrogens is 2. The van der Waals surface area contributed by atoms with Gasteiger partial charge in [0.1, 0.15) is 17.4 Å². The molecule has 5 nitrogen and oxygen atoms in total. The summed E-state index contributed by atoms with van der Waals surface area (Å²) in [6.07, 6.45) is 2.25. The summed E-state index contributed by atoms with van der Waals surface area (Å²) in [7, 11) is 0. The van der Waals surface area contributed by atoms with Crippen LogP contribution in [-0.2, 0) is 0 Å². The SMILES string of the molecule is N#Cc1cc2c(N3CC4CCC(C3)N4)nc(Cl)nc2c(F)c1Br. The zero-order valence-corrected chi connectivity index (χ0v) is 14.3. The molecule has 0 saturated carbocycles. The lowest BCUT2D eigenvalue weighted by Crippen LogP contribution is -2.51. The van der Waals surface area contributed by atoms with Crippen molar-refractivity contribution in [2.24, 2.45) is 0 Å². The predicted molar refractivity (Wildman–Crippen MR) is 89.1 cm³/mol. The molecule has 0 amide bonds. The van der Waals surface area contributed by atoms with Crippen molar-refractivity contribution < 1.29 is 4.39 Å². The van der Waals surface area contributed by atoms with Crippen LogP contribution in [0.2, 0.25) is 5.28 Å². The van der Waals surface area contributed by atoms with E-state index in [1.807, 2.05) is 6.07 Å². The summed E-state index contributed by atoms with van der Waals surface area (Å²) < 4.78 is 14.7. The van der Waals surface area contributed by atoms with Crippen LogP contribution in [0.1, 0.15) is 18.4 Å². The zero-order valence-electron chi connectivity index (χ0n) is 12.0. The molecule has 2 bridgehead atoms. The highest BCUT2D eigenvalue weighted by Gasteiger charge is 2.34. The second-order valence-electron chi connectivity index (χ2n) is 5.92. The van der Waals surface area contributed by atoms with Gasteiger partial charge < -0.3 is 10.2 Å². The first-order valence-electron chi connectivity index (χ1n) is 7.33. The highest BCUT2D eigenvalue weighted by Crippen LogP contribution is 2.35. The summed E-state index contributed by atoms with van der Waals surface area (Å²) in [6.45, 7) is 1.58. The van der Waals surface area contributed by atoms with Gasteiger partial charge in [-0.2, -0.15) is 10.2 Å². The van der Waals surface area contributed by atoms with Crippen molar-refractivity contribution >= 4 is 44.3 Å². The first-order chi connectivity index (χ1) is 11.1. The van der Waals surface area contributed by atoms with Gasteiger partial charge in [0.2, 0.25) is 5.28 Å². The van der Waals surface area contributed by atoms with Gasteiger partial charge in [0.05, 0.1) is 10.0 Å². The molecule has 2 atom stereocenters. The number of fused-ring (bicyclic) bond motifs is 3. The van der Waals surface area contributed by atoms with E-state index in [1.165, 1.54) is 0 Å². The number of hydrogen-bond acceptors (Lipinski definition) is 5. The Hall–Kier alpha value is -1.49. The Labute approximate surface area is 145 Å². The van der Waals surface area contributed by atoms with Gasteiger partial charge in [-0.3, -0.25) is 0 Å². The summed E-state index contributed by atoms with van der Waals surface area (Å²) in [5, 5.41) is 13.3. The minimum Gasteiger partial charge on any atom is -0.353 e. The van der Waals surface area contributed by atoms with Gasteiger partial charge in [-0.05, 0) is 46.4 Å². The van der Waals surface area contributed by atoms with Crippen LogP contribution >= 0.6 is 27.5 Å². The van der Waals surface area contributed by atoms with Crippen molar-refractivity contribution in [3.05, 3.63) is 27.2 Å². The number of hydrogen-bond donors (Lipinski definition) is 1. The molecule has 23 heavy (non-hydrogen) atoms. The van der Waals surface area contributed by atoms with Gasteiger partial charge in [0.25, 0.3) is 0 Å². The molecule has 8 heteroatoms. The summed E-state index contributed by atoms with van der Waals surface area (Å²) >= 11 is 9.13.